The Kier molecular flexibility index (Phi) is 7.63. The average molecular weight is 393 g/mol. The van der Waals surface area contributed by atoms with E-state index in [1.54, 1.807) is 42.3 Å². The molecule has 0 saturated heterocycles. The van der Waals surface area contributed by atoms with Crippen LogP contribution < -0.4 is 20.3 Å². The van der Waals surface area contributed by atoms with Crippen LogP contribution in [0.25, 0.3) is 0 Å². The van der Waals surface area contributed by atoms with Crippen LogP contribution in [0.2, 0.25) is 5.02 Å². The van der Waals surface area contributed by atoms with Gasteiger partial charge in [-0.25, -0.2) is 4.79 Å². The zero-order valence-electron chi connectivity index (χ0n) is 15.1. The highest BCUT2D eigenvalue weighted by Crippen LogP contribution is 2.20. The van der Waals surface area contributed by atoms with Crippen LogP contribution >= 0.6 is 11.6 Å². The molecule has 27 heavy (non-hydrogen) atoms. The number of aromatic nitrogens is 3. The highest BCUT2D eigenvalue weighted by molar-refractivity contribution is 6.33. The van der Waals surface area contributed by atoms with E-state index < -0.39 is 6.09 Å². The van der Waals surface area contributed by atoms with E-state index in [1.807, 2.05) is 0 Å². The van der Waals surface area contributed by atoms with Gasteiger partial charge in [-0.3, -0.25) is 5.32 Å². The maximum Gasteiger partial charge on any atom is 0.411 e. The molecule has 1 aromatic carbocycles. The first kappa shape index (κ1) is 20.2. The summed E-state index contributed by atoms with van der Waals surface area (Å²) >= 11 is 5.99. The molecule has 10 heteroatoms. The molecule has 0 radical (unpaired) electrons. The number of rotatable bonds is 9. The number of nitrogens with zero attached hydrogens (tertiary/aromatic N) is 4. The van der Waals surface area contributed by atoms with E-state index >= 15 is 0 Å². The molecule has 0 spiro atoms. The summed E-state index contributed by atoms with van der Waals surface area (Å²) < 4.78 is 10.2. The zero-order valence-corrected chi connectivity index (χ0v) is 15.9. The van der Waals surface area contributed by atoms with Crippen molar-refractivity contribution in [3.8, 4) is 6.01 Å². The molecule has 2 N–H and O–H groups in total. The number of carbonyl (C=O) groups excluding carboxylic acids is 1. The second-order valence-electron chi connectivity index (χ2n) is 5.28. The third-order valence-corrected chi connectivity index (χ3v) is 3.63. The second kappa shape index (κ2) is 10.2. The standard InChI is InChI=1S/C17H21ClN6O3/c1-4-9-19-14-21-15(23-16(22-14)26-3)24(2)10-11-27-17(25)20-13-8-6-5-7-12(13)18/h4-8H,1,9-11H2,2-3H3,(H,20,25)(H,19,21,22,23). The molecule has 144 valence electrons. The fourth-order valence-electron chi connectivity index (χ4n) is 1.93. The predicted molar refractivity (Wildman–Crippen MR) is 105 cm³/mol. The van der Waals surface area contributed by atoms with Gasteiger partial charge in [0.25, 0.3) is 0 Å². The topological polar surface area (TPSA) is 102 Å². The number of hydrogen-bond acceptors (Lipinski definition) is 8. The van der Waals surface area contributed by atoms with E-state index in [2.05, 4.69) is 32.2 Å². The summed E-state index contributed by atoms with van der Waals surface area (Å²) in [5.74, 6) is 0.740. The minimum Gasteiger partial charge on any atom is -0.467 e. The Morgan fingerprint density at radius 2 is 2.11 bits per heavy atom. The molecule has 1 heterocycles. The van der Waals surface area contributed by atoms with Crippen molar-refractivity contribution in [2.45, 2.75) is 0 Å². The summed E-state index contributed by atoms with van der Waals surface area (Å²) in [7, 11) is 3.24. The van der Waals surface area contributed by atoms with Crippen molar-refractivity contribution in [1.82, 2.24) is 15.0 Å². The Balaban J connectivity index is 1.89. The molecule has 0 aliphatic carbocycles. The van der Waals surface area contributed by atoms with Gasteiger partial charge >= 0.3 is 12.1 Å². The number of anilines is 3. The minimum atomic E-state index is -0.599. The van der Waals surface area contributed by atoms with E-state index in [-0.39, 0.29) is 12.6 Å². The average Bonchev–Trinajstić information content (AvgIpc) is 2.67. The van der Waals surface area contributed by atoms with Crippen LogP contribution in [0, 0.1) is 0 Å². The molecule has 0 unspecified atom stereocenters. The Hall–Kier alpha value is -3.07. The van der Waals surface area contributed by atoms with Crippen molar-refractivity contribution in [2.24, 2.45) is 0 Å². The quantitative estimate of drug-likeness (QED) is 0.628. The molecule has 0 aliphatic heterocycles. The number of nitrogens with one attached hydrogen (secondary N) is 2. The normalized spacial score (nSPS) is 10.0. The van der Waals surface area contributed by atoms with E-state index in [1.165, 1.54) is 7.11 Å². The molecule has 0 aliphatic rings. The van der Waals surface area contributed by atoms with Crippen molar-refractivity contribution in [3.63, 3.8) is 0 Å². The van der Waals surface area contributed by atoms with Gasteiger partial charge in [0.05, 0.1) is 24.4 Å². The second-order valence-corrected chi connectivity index (χ2v) is 5.68. The van der Waals surface area contributed by atoms with Gasteiger partial charge in [0.2, 0.25) is 11.9 Å². The van der Waals surface area contributed by atoms with Gasteiger partial charge in [-0.2, -0.15) is 15.0 Å². The van der Waals surface area contributed by atoms with Crippen LogP contribution in [0.15, 0.2) is 36.9 Å². The Bertz CT molecular complexity index is 789. The molecule has 0 saturated carbocycles. The van der Waals surface area contributed by atoms with Gasteiger partial charge in [-0.15, -0.1) is 6.58 Å². The maximum absolute atomic E-state index is 11.9. The van der Waals surface area contributed by atoms with Crippen LogP contribution in [0.1, 0.15) is 0 Å². The monoisotopic (exact) mass is 392 g/mol. The summed E-state index contributed by atoms with van der Waals surface area (Å²) in [5.41, 5.74) is 0.484. The number of ether oxygens (including phenoxy) is 2. The first-order chi connectivity index (χ1) is 13.0. The molecular formula is C17H21ClN6O3. The lowest BCUT2D eigenvalue weighted by molar-refractivity contribution is 0.164. The number of benzene rings is 1. The Morgan fingerprint density at radius 1 is 1.33 bits per heavy atom. The van der Waals surface area contributed by atoms with Crippen molar-refractivity contribution in [2.75, 3.05) is 49.4 Å². The van der Waals surface area contributed by atoms with Crippen molar-refractivity contribution in [1.29, 1.82) is 0 Å². The van der Waals surface area contributed by atoms with Crippen molar-refractivity contribution >= 4 is 35.3 Å². The highest BCUT2D eigenvalue weighted by Gasteiger charge is 2.12. The summed E-state index contributed by atoms with van der Waals surface area (Å²) in [6.45, 7) is 4.62. The predicted octanol–water partition coefficient (Wildman–Crippen LogP) is 2.82. The molecule has 1 amide bonds. The van der Waals surface area contributed by atoms with E-state index in [9.17, 15) is 4.79 Å². The van der Waals surface area contributed by atoms with Crippen molar-refractivity contribution in [3.05, 3.63) is 41.9 Å². The van der Waals surface area contributed by atoms with Crippen LogP contribution in [0.4, 0.5) is 22.4 Å². The van der Waals surface area contributed by atoms with Crippen LogP contribution in [0.3, 0.4) is 0 Å². The number of carbonyl (C=O) groups is 1. The largest absolute Gasteiger partial charge is 0.467 e. The van der Waals surface area contributed by atoms with Crippen LogP contribution in [-0.4, -0.2) is 54.9 Å². The Labute approximate surface area is 162 Å². The molecule has 2 aromatic rings. The number of methoxy groups -OCH3 is 1. The number of para-hydroxylation sites is 1. The molecule has 0 bridgehead atoms. The van der Waals surface area contributed by atoms with Crippen LogP contribution in [0.5, 0.6) is 6.01 Å². The minimum absolute atomic E-state index is 0.121. The lowest BCUT2D eigenvalue weighted by Crippen LogP contribution is -2.27. The number of amides is 1. The van der Waals surface area contributed by atoms with E-state index in [0.29, 0.717) is 35.7 Å². The van der Waals surface area contributed by atoms with Gasteiger partial charge in [0, 0.05) is 13.6 Å². The van der Waals surface area contributed by atoms with Gasteiger partial charge < -0.3 is 19.7 Å². The molecule has 9 nitrogen and oxygen atoms in total. The van der Waals surface area contributed by atoms with E-state index in [0.717, 1.165) is 0 Å². The number of halogens is 1. The third kappa shape index (κ3) is 6.30. The third-order valence-electron chi connectivity index (χ3n) is 3.30. The molecule has 0 atom stereocenters. The van der Waals surface area contributed by atoms with Gasteiger partial charge in [0.1, 0.15) is 6.61 Å². The molecule has 2 rings (SSSR count). The summed E-state index contributed by atoms with van der Waals surface area (Å²) in [6, 6.07) is 7.08. The lowest BCUT2D eigenvalue weighted by atomic mass is 10.3. The van der Waals surface area contributed by atoms with Gasteiger partial charge in [-0.1, -0.05) is 29.8 Å². The fraction of sp³-hybridized carbons (Fsp3) is 0.294. The molecule has 0 fully saturated rings. The first-order valence-electron chi connectivity index (χ1n) is 8.07. The van der Waals surface area contributed by atoms with Gasteiger partial charge in [0.15, 0.2) is 0 Å². The lowest BCUT2D eigenvalue weighted by Gasteiger charge is -2.18. The number of likely N-dealkylation sites (N-methyl/N-ethyl adjacent to an activating group) is 1. The van der Waals surface area contributed by atoms with E-state index in [4.69, 9.17) is 21.1 Å². The zero-order chi connectivity index (χ0) is 19.6. The van der Waals surface area contributed by atoms with Gasteiger partial charge in [-0.05, 0) is 12.1 Å². The summed E-state index contributed by atoms with van der Waals surface area (Å²) in [6.07, 6.45) is 1.09. The highest BCUT2D eigenvalue weighted by atomic mass is 35.5. The SMILES string of the molecule is C=CCNc1nc(OC)nc(N(C)CCOC(=O)Nc2ccccc2Cl)n1. The Morgan fingerprint density at radius 3 is 2.81 bits per heavy atom. The first-order valence-corrected chi connectivity index (χ1v) is 8.45. The fourth-order valence-corrected chi connectivity index (χ4v) is 2.12. The summed E-state index contributed by atoms with van der Waals surface area (Å²) in [4.78, 5) is 26.1. The maximum atomic E-state index is 11.9. The molecule has 1 aromatic heterocycles. The molecular weight excluding hydrogens is 372 g/mol. The van der Waals surface area contributed by atoms with Crippen LogP contribution in [-0.2, 0) is 4.74 Å². The number of hydrogen-bond donors (Lipinski definition) is 2. The smallest absolute Gasteiger partial charge is 0.411 e. The summed E-state index contributed by atoms with van der Waals surface area (Å²) in [5, 5.41) is 5.99. The van der Waals surface area contributed by atoms with Crippen molar-refractivity contribution < 1.29 is 14.3 Å².